The zero-order valence-electron chi connectivity index (χ0n) is 17.1. The molecule has 0 spiro atoms. The van der Waals surface area contributed by atoms with Gasteiger partial charge in [-0.25, -0.2) is 9.97 Å². The monoisotopic (exact) mass is 416 g/mol. The molecular formula is C23H18F2N6. The van der Waals surface area contributed by atoms with Gasteiger partial charge in [0.1, 0.15) is 11.8 Å². The van der Waals surface area contributed by atoms with Gasteiger partial charge in [0.05, 0.1) is 28.3 Å². The van der Waals surface area contributed by atoms with Crippen LogP contribution in [0.2, 0.25) is 0 Å². The van der Waals surface area contributed by atoms with E-state index >= 15 is 0 Å². The molecule has 0 amide bonds. The van der Waals surface area contributed by atoms with Crippen LogP contribution in [0.3, 0.4) is 0 Å². The van der Waals surface area contributed by atoms with Gasteiger partial charge in [-0.1, -0.05) is 12.1 Å². The Bertz CT molecular complexity index is 1320. The van der Waals surface area contributed by atoms with Crippen molar-refractivity contribution in [3.05, 3.63) is 83.2 Å². The van der Waals surface area contributed by atoms with Crippen molar-refractivity contribution in [2.45, 2.75) is 26.2 Å². The molecule has 4 aromatic rings. The highest BCUT2D eigenvalue weighted by molar-refractivity contribution is 5.59. The molecule has 0 saturated carbocycles. The number of hydrogen-bond acceptors (Lipinski definition) is 5. The molecule has 8 heteroatoms. The highest BCUT2D eigenvalue weighted by Gasteiger charge is 2.27. The van der Waals surface area contributed by atoms with Crippen LogP contribution in [0.5, 0.6) is 0 Å². The van der Waals surface area contributed by atoms with E-state index in [1.165, 1.54) is 6.07 Å². The van der Waals surface area contributed by atoms with Crippen LogP contribution >= 0.6 is 0 Å². The Balaban J connectivity index is 1.74. The number of aromatic nitrogens is 5. The van der Waals surface area contributed by atoms with Crippen molar-refractivity contribution in [1.82, 2.24) is 24.9 Å². The molecule has 1 N–H and O–H groups in total. The van der Waals surface area contributed by atoms with Gasteiger partial charge in [-0.05, 0) is 57.2 Å². The minimum atomic E-state index is -0.913. The number of aromatic amines is 1. The molecule has 31 heavy (non-hydrogen) atoms. The van der Waals surface area contributed by atoms with Crippen molar-refractivity contribution in [3.63, 3.8) is 0 Å². The minimum absolute atomic E-state index is 0.121. The average molecular weight is 416 g/mol. The summed E-state index contributed by atoms with van der Waals surface area (Å²) in [5.41, 5.74) is 2.82. The summed E-state index contributed by atoms with van der Waals surface area (Å²) in [6.45, 7) is 5.69. The molecule has 154 valence electrons. The van der Waals surface area contributed by atoms with Crippen molar-refractivity contribution in [2.75, 3.05) is 0 Å². The summed E-state index contributed by atoms with van der Waals surface area (Å²) in [4.78, 5) is 20.0. The fourth-order valence-electron chi connectivity index (χ4n) is 3.27. The van der Waals surface area contributed by atoms with Crippen LogP contribution in [0.15, 0.2) is 48.5 Å². The zero-order valence-corrected chi connectivity index (χ0v) is 17.1. The van der Waals surface area contributed by atoms with Crippen LogP contribution in [0.25, 0.3) is 22.8 Å². The van der Waals surface area contributed by atoms with Gasteiger partial charge in [-0.15, -0.1) is 0 Å². The second-order valence-corrected chi connectivity index (χ2v) is 7.58. The van der Waals surface area contributed by atoms with Crippen molar-refractivity contribution >= 4 is 0 Å². The van der Waals surface area contributed by atoms with Gasteiger partial charge in [0, 0.05) is 5.41 Å². The Morgan fingerprint density at radius 1 is 0.871 bits per heavy atom. The highest BCUT2D eigenvalue weighted by atomic mass is 19.1. The summed E-state index contributed by atoms with van der Waals surface area (Å²) in [7, 11) is 0. The molecule has 0 fully saturated rings. The van der Waals surface area contributed by atoms with E-state index in [0.29, 0.717) is 34.3 Å². The Morgan fingerprint density at radius 2 is 1.52 bits per heavy atom. The molecule has 4 heterocycles. The Kier molecular flexibility index (Phi) is 5.03. The van der Waals surface area contributed by atoms with E-state index in [2.05, 4.69) is 19.9 Å². The van der Waals surface area contributed by atoms with Gasteiger partial charge in [-0.2, -0.15) is 19.0 Å². The molecule has 0 radical (unpaired) electrons. The topological polar surface area (TPSA) is 91.1 Å². The van der Waals surface area contributed by atoms with Crippen molar-refractivity contribution in [2.24, 2.45) is 0 Å². The van der Waals surface area contributed by atoms with Crippen LogP contribution in [-0.2, 0) is 5.41 Å². The zero-order chi connectivity index (χ0) is 22.2. The number of imidazole rings is 1. The maximum absolute atomic E-state index is 14.2. The third kappa shape index (κ3) is 3.78. The Morgan fingerprint density at radius 3 is 2.13 bits per heavy atom. The van der Waals surface area contributed by atoms with E-state index in [1.807, 2.05) is 44.2 Å². The number of nitrogens with zero attached hydrogens (tertiary/aromatic N) is 5. The van der Waals surface area contributed by atoms with E-state index in [9.17, 15) is 8.78 Å². The molecule has 0 saturated heterocycles. The molecule has 0 aromatic carbocycles. The second kappa shape index (κ2) is 7.69. The van der Waals surface area contributed by atoms with Gasteiger partial charge in [-0.3, -0.25) is 4.98 Å². The first-order valence-corrected chi connectivity index (χ1v) is 9.54. The summed E-state index contributed by atoms with van der Waals surface area (Å²) >= 11 is 0. The van der Waals surface area contributed by atoms with E-state index in [0.717, 1.165) is 11.8 Å². The molecule has 0 aliphatic heterocycles. The lowest BCUT2D eigenvalue weighted by molar-refractivity contribution is 0.514. The van der Waals surface area contributed by atoms with E-state index < -0.39 is 17.3 Å². The van der Waals surface area contributed by atoms with Crippen molar-refractivity contribution < 1.29 is 8.78 Å². The quantitative estimate of drug-likeness (QED) is 0.487. The van der Waals surface area contributed by atoms with Gasteiger partial charge < -0.3 is 4.98 Å². The van der Waals surface area contributed by atoms with E-state index in [-0.39, 0.29) is 5.56 Å². The molecule has 0 unspecified atom stereocenters. The SMILES string of the molecule is Cc1[nH]c(-c2cccc(C(C)(C)c3cccc(-c4ccc(F)nc4F)n3)n2)nc1C#N. The fourth-order valence-corrected chi connectivity index (χ4v) is 3.27. The predicted molar refractivity (Wildman–Crippen MR) is 111 cm³/mol. The average Bonchev–Trinajstić information content (AvgIpc) is 3.14. The van der Waals surface area contributed by atoms with Gasteiger partial charge in [0.15, 0.2) is 11.5 Å². The molecule has 0 aliphatic carbocycles. The first-order valence-electron chi connectivity index (χ1n) is 9.54. The minimum Gasteiger partial charge on any atom is -0.340 e. The summed E-state index contributed by atoms with van der Waals surface area (Å²) in [5.74, 6) is -1.29. The third-order valence-electron chi connectivity index (χ3n) is 5.10. The maximum atomic E-state index is 14.2. The van der Waals surface area contributed by atoms with Gasteiger partial charge in [0.2, 0.25) is 11.9 Å². The van der Waals surface area contributed by atoms with Gasteiger partial charge in [0.25, 0.3) is 0 Å². The summed E-state index contributed by atoms with van der Waals surface area (Å²) in [6, 6.07) is 15.3. The number of H-pyrrole nitrogens is 1. The third-order valence-corrected chi connectivity index (χ3v) is 5.10. The van der Waals surface area contributed by atoms with Crippen molar-refractivity contribution in [1.29, 1.82) is 5.26 Å². The smallest absolute Gasteiger partial charge is 0.224 e. The number of nitriles is 1. The first-order chi connectivity index (χ1) is 14.8. The number of rotatable bonds is 4. The van der Waals surface area contributed by atoms with Crippen LogP contribution in [0.1, 0.15) is 36.6 Å². The Hall–Kier alpha value is -3.99. The lowest BCUT2D eigenvalue weighted by Crippen LogP contribution is -2.22. The number of halogens is 2. The summed E-state index contributed by atoms with van der Waals surface area (Å²) in [5, 5.41) is 9.15. The Labute approximate surface area is 177 Å². The molecule has 0 atom stereocenters. The standard InChI is InChI=1S/C23H18F2N6/c1-13-17(12-26)30-22(27-13)16-7-5-9-19(29-16)23(2,3)18-8-4-6-15(28-18)14-10-11-20(24)31-21(14)25/h4-11H,1-3H3,(H,27,30). The van der Waals surface area contributed by atoms with Crippen molar-refractivity contribution in [3.8, 4) is 28.8 Å². The lowest BCUT2D eigenvalue weighted by atomic mass is 9.84. The number of nitrogens with one attached hydrogen (secondary N) is 1. The molecule has 4 aromatic heterocycles. The first kappa shape index (κ1) is 20.3. The maximum Gasteiger partial charge on any atom is 0.224 e. The van der Waals surface area contributed by atoms with Crippen LogP contribution in [0.4, 0.5) is 8.78 Å². The summed E-state index contributed by atoms with van der Waals surface area (Å²) in [6.07, 6.45) is 0. The molecule has 0 bridgehead atoms. The van der Waals surface area contributed by atoms with Crippen LogP contribution < -0.4 is 0 Å². The van der Waals surface area contributed by atoms with Crippen LogP contribution in [0, 0.1) is 30.2 Å². The molecular weight excluding hydrogens is 398 g/mol. The molecule has 6 nitrogen and oxygen atoms in total. The van der Waals surface area contributed by atoms with Gasteiger partial charge >= 0.3 is 0 Å². The fraction of sp³-hybridized carbons (Fsp3) is 0.174. The summed E-state index contributed by atoms with van der Waals surface area (Å²) < 4.78 is 27.3. The van der Waals surface area contributed by atoms with E-state index in [4.69, 9.17) is 10.2 Å². The molecule has 4 rings (SSSR count). The van der Waals surface area contributed by atoms with E-state index in [1.54, 1.807) is 19.1 Å². The number of pyridine rings is 3. The largest absolute Gasteiger partial charge is 0.340 e. The number of hydrogen-bond donors (Lipinski definition) is 1. The predicted octanol–water partition coefficient (Wildman–Crippen LogP) is 4.71. The highest BCUT2D eigenvalue weighted by Crippen LogP contribution is 2.32. The number of aryl methyl sites for hydroxylation is 1. The normalized spacial score (nSPS) is 11.4. The second-order valence-electron chi connectivity index (χ2n) is 7.58. The lowest BCUT2D eigenvalue weighted by Gasteiger charge is -2.24. The molecule has 0 aliphatic rings. The van der Waals surface area contributed by atoms with Crippen LogP contribution in [-0.4, -0.2) is 24.9 Å².